The Balaban J connectivity index is 2.87. The topological polar surface area (TPSA) is 17.8 Å². The predicted octanol–water partition coefficient (Wildman–Crippen LogP) is 6.31. The number of unbranched alkanes of at least 4 members (excludes halogenated alkanes) is 5. The standard InChI is InChI=1S/C17H28F4N2/c1-4-6-8-9-10-12-16(3,11-7-5-2)23-13-14(15(18)22-23)17(19,20)21/h13H,4-12H2,1-3H3. The normalized spacial score (nSPS) is 14.9. The summed E-state index contributed by atoms with van der Waals surface area (Å²) in [4.78, 5) is 0. The molecule has 0 radical (unpaired) electrons. The second-order valence-electron chi connectivity index (χ2n) is 6.54. The summed E-state index contributed by atoms with van der Waals surface area (Å²) in [6, 6.07) is 0. The van der Waals surface area contributed by atoms with Gasteiger partial charge in [-0.3, -0.25) is 4.68 Å². The van der Waals surface area contributed by atoms with Gasteiger partial charge in [-0.2, -0.15) is 17.6 Å². The van der Waals surface area contributed by atoms with Crippen LogP contribution in [0.15, 0.2) is 6.20 Å². The van der Waals surface area contributed by atoms with Crippen molar-refractivity contribution in [3.05, 3.63) is 17.7 Å². The first-order valence-corrected chi connectivity index (χ1v) is 8.57. The van der Waals surface area contributed by atoms with Gasteiger partial charge in [0.1, 0.15) is 5.56 Å². The zero-order valence-electron chi connectivity index (χ0n) is 14.3. The molecule has 1 rings (SSSR count). The number of rotatable bonds is 10. The van der Waals surface area contributed by atoms with Crippen molar-refractivity contribution in [1.82, 2.24) is 9.78 Å². The largest absolute Gasteiger partial charge is 0.422 e. The van der Waals surface area contributed by atoms with E-state index in [1.54, 1.807) is 0 Å². The molecule has 0 aliphatic heterocycles. The highest BCUT2D eigenvalue weighted by molar-refractivity contribution is 5.12. The Bertz CT molecular complexity index is 468. The molecule has 23 heavy (non-hydrogen) atoms. The maximum Gasteiger partial charge on any atom is 0.422 e. The van der Waals surface area contributed by atoms with E-state index in [1.165, 1.54) is 11.1 Å². The van der Waals surface area contributed by atoms with Crippen LogP contribution in [0.5, 0.6) is 0 Å². The van der Waals surface area contributed by atoms with Crippen LogP contribution in [0.4, 0.5) is 17.6 Å². The number of alkyl halides is 3. The van der Waals surface area contributed by atoms with Crippen LogP contribution in [0, 0.1) is 5.95 Å². The minimum absolute atomic E-state index is 0.563. The van der Waals surface area contributed by atoms with Crippen LogP contribution < -0.4 is 0 Å². The van der Waals surface area contributed by atoms with Crippen molar-refractivity contribution >= 4 is 0 Å². The summed E-state index contributed by atoms with van der Waals surface area (Å²) in [6.45, 7) is 6.05. The van der Waals surface area contributed by atoms with Crippen molar-refractivity contribution in [3.8, 4) is 0 Å². The minimum Gasteiger partial charge on any atom is -0.263 e. The average molecular weight is 336 g/mol. The highest BCUT2D eigenvalue weighted by Crippen LogP contribution is 2.35. The van der Waals surface area contributed by atoms with E-state index in [4.69, 9.17) is 0 Å². The fraction of sp³-hybridized carbons (Fsp3) is 0.824. The van der Waals surface area contributed by atoms with Crippen molar-refractivity contribution in [2.24, 2.45) is 0 Å². The van der Waals surface area contributed by atoms with Crippen molar-refractivity contribution in [1.29, 1.82) is 0 Å². The van der Waals surface area contributed by atoms with E-state index in [2.05, 4.69) is 12.0 Å². The van der Waals surface area contributed by atoms with Gasteiger partial charge in [0.2, 0.25) is 5.95 Å². The lowest BCUT2D eigenvalue weighted by Gasteiger charge is -2.30. The number of halogens is 4. The highest BCUT2D eigenvalue weighted by atomic mass is 19.4. The SMILES string of the molecule is CCCCCCCC(C)(CCCC)n1cc(C(F)(F)F)c(F)n1. The first-order chi connectivity index (χ1) is 10.7. The van der Waals surface area contributed by atoms with Gasteiger partial charge in [-0.15, -0.1) is 5.10 Å². The molecule has 0 fully saturated rings. The molecule has 0 saturated heterocycles. The zero-order valence-corrected chi connectivity index (χ0v) is 14.3. The Labute approximate surface area is 136 Å². The second kappa shape index (κ2) is 8.69. The Kier molecular flexibility index (Phi) is 7.55. The summed E-state index contributed by atoms with van der Waals surface area (Å²) in [5, 5.41) is 3.55. The maximum absolute atomic E-state index is 13.6. The molecule has 0 aromatic carbocycles. The van der Waals surface area contributed by atoms with Crippen molar-refractivity contribution < 1.29 is 17.6 Å². The summed E-state index contributed by atoms with van der Waals surface area (Å²) in [5.74, 6) is -1.42. The molecule has 0 N–H and O–H groups in total. The first kappa shape index (κ1) is 20.0. The van der Waals surface area contributed by atoms with E-state index in [1.807, 2.05) is 13.8 Å². The van der Waals surface area contributed by atoms with Gasteiger partial charge in [0.25, 0.3) is 0 Å². The molecule has 2 nitrogen and oxygen atoms in total. The summed E-state index contributed by atoms with van der Waals surface area (Å²) >= 11 is 0. The van der Waals surface area contributed by atoms with Gasteiger partial charge in [-0.05, 0) is 19.8 Å². The van der Waals surface area contributed by atoms with Gasteiger partial charge in [-0.1, -0.05) is 58.8 Å². The molecule has 0 bridgehead atoms. The Morgan fingerprint density at radius 1 is 0.957 bits per heavy atom. The fourth-order valence-electron chi connectivity index (χ4n) is 2.84. The zero-order chi connectivity index (χ0) is 17.5. The van der Waals surface area contributed by atoms with E-state index in [9.17, 15) is 17.6 Å². The molecule has 0 saturated carbocycles. The molecule has 1 heterocycles. The van der Waals surface area contributed by atoms with Crippen LogP contribution in [0.2, 0.25) is 0 Å². The van der Waals surface area contributed by atoms with Gasteiger partial charge in [-0.25, -0.2) is 0 Å². The van der Waals surface area contributed by atoms with Crippen molar-refractivity contribution in [2.75, 3.05) is 0 Å². The molecule has 6 heteroatoms. The smallest absolute Gasteiger partial charge is 0.263 e. The molecule has 1 unspecified atom stereocenters. The van der Waals surface area contributed by atoms with E-state index in [0.29, 0.717) is 6.42 Å². The molecule has 134 valence electrons. The van der Waals surface area contributed by atoms with Crippen molar-refractivity contribution in [2.45, 2.75) is 90.3 Å². The molecule has 0 aliphatic rings. The average Bonchev–Trinajstić information content (AvgIpc) is 2.88. The predicted molar refractivity (Wildman–Crippen MR) is 83.7 cm³/mol. The lowest BCUT2D eigenvalue weighted by atomic mass is 9.88. The van der Waals surface area contributed by atoms with Gasteiger partial charge in [0, 0.05) is 6.20 Å². The van der Waals surface area contributed by atoms with E-state index < -0.39 is 23.2 Å². The number of hydrogen-bond acceptors (Lipinski definition) is 1. The monoisotopic (exact) mass is 336 g/mol. The van der Waals surface area contributed by atoms with E-state index in [0.717, 1.165) is 51.1 Å². The van der Waals surface area contributed by atoms with Crippen LogP contribution >= 0.6 is 0 Å². The Morgan fingerprint density at radius 3 is 2.04 bits per heavy atom. The molecule has 1 aromatic rings. The third-order valence-corrected chi connectivity index (χ3v) is 4.42. The second-order valence-corrected chi connectivity index (χ2v) is 6.54. The third-order valence-electron chi connectivity index (χ3n) is 4.42. The lowest BCUT2D eigenvalue weighted by Crippen LogP contribution is -2.31. The molecule has 0 amide bonds. The van der Waals surface area contributed by atoms with E-state index >= 15 is 0 Å². The molecule has 1 atom stereocenters. The number of nitrogens with zero attached hydrogens (tertiary/aromatic N) is 2. The number of aromatic nitrogens is 2. The van der Waals surface area contributed by atoms with Crippen LogP contribution in [0.3, 0.4) is 0 Å². The van der Waals surface area contributed by atoms with Gasteiger partial charge >= 0.3 is 6.18 Å². The first-order valence-electron chi connectivity index (χ1n) is 8.57. The molecule has 0 spiro atoms. The highest BCUT2D eigenvalue weighted by Gasteiger charge is 2.39. The summed E-state index contributed by atoms with van der Waals surface area (Å²) in [5.41, 5.74) is -1.83. The van der Waals surface area contributed by atoms with Crippen LogP contribution in [0.1, 0.15) is 84.1 Å². The molecular weight excluding hydrogens is 308 g/mol. The Morgan fingerprint density at radius 2 is 1.52 bits per heavy atom. The van der Waals surface area contributed by atoms with E-state index in [-0.39, 0.29) is 0 Å². The van der Waals surface area contributed by atoms with Crippen LogP contribution in [-0.2, 0) is 11.7 Å². The minimum atomic E-state index is -4.70. The molecular formula is C17H28F4N2. The van der Waals surface area contributed by atoms with Crippen molar-refractivity contribution in [3.63, 3.8) is 0 Å². The molecule has 0 aliphatic carbocycles. The lowest BCUT2D eigenvalue weighted by molar-refractivity contribution is -0.140. The van der Waals surface area contributed by atoms with Gasteiger partial charge in [0.15, 0.2) is 0 Å². The summed E-state index contributed by atoms with van der Waals surface area (Å²) in [6.07, 6.45) is 4.79. The number of hydrogen-bond donors (Lipinski definition) is 0. The van der Waals surface area contributed by atoms with Crippen LogP contribution in [-0.4, -0.2) is 9.78 Å². The third kappa shape index (κ3) is 5.81. The maximum atomic E-state index is 13.6. The molecule has 1 aromatic heterocycles. The fourth-order valence-corrected chi connectivity index (χ4v) is 2.84. The quantitative estimate of drug-likeness (QED) is 0.362. The summed E-state index contributed by atoms with van der Waals surface area (Å²) in [7, 11) is 0. The Hall–Kier alpha value is -1.07. The summed E-state index contributed by atoms with van der Waals surface area (Å²) < 4.78 is 53.2. The van der Waals surface area contributed by atoms with Crippen LogP contribution in [0.25, 0.3) is 0 Å². The van der Waals surface area contributed by atoms with Gasteiger partial charge in [0.05, 0.1) is 5.54 Å². The van der Waals surface area contributed by atoms with Gasteiger partial charge < -0.3 is 0 Å².